The molecule has 8 heteroatoms. The Balaban J connectivity index is 2.41. The number of rotatable bonds is 6. The highest BCUT2D eigenvalue weighted by Gasteiger charge is 2.18. The van der Waals surface area contributed by atoms with Crippen LogP contribution in [0.4, 0.5) is 11.4 Å². The largest absolute Gasteiger partial charge is 0.492 e. The fourth-order valence-electron chi connectivity index (χ4n) is 2.17. The lowest BCUT2D eigenvalue weighted by Gasteiger charge is -2.14. The first-order chi connectivity index (χ1) is 11.7. The van der Waals surface area contributed by atoms with Crippen LogP contribution in [0.25, 0.3) is 0 Å². The van der Waals surface area contributed by atoms with Crippen LogP contribution in [0.2, 0.25) is 5.02 Å². The number of hydrogen-bond donors (Lipinski definition) is 2. The minimum Gasteiger partial charge on any atom is -0.492 e. The van der Waals surface area contributed by atoms with E-state index in [1.54, 1.807) is 32.0 Å². The second-order valence-electron chi connectivity index (χ2n) is 5.29. The minimum absolute atomic E-state index is 0.000853. The summed E-state index contributed by atoms with van der Waals surface area (Å²) in [5.74, 6) is 0.0738. The smallest absolute Gasteiger partial charge is 0.261 e. The summed E-state index contributed by atoms with van der Waals surface area (Å²) in [6, 6.07) is 9.25. The SMILES string of the molecule is CCOc1ccc(S(=O)(=O)Nc2cccc(Cl)c2C)cc1NC(C)=O. The van der Waals surface area contributed by atoms with Crippen LogP contribution in [-0.4, -0.2) is 20.9 Å². The van der Waals surface area contributed by atoms with Crippen molar-refractivity contribution in [2.24, 2.45) is 0 Å². The van der Waals surface area contributed by atoms with E-state index in [1.807, 2.05) is 0 Å². The molecule has 1 amide bonds. The third-order valence-corrected chi connectivity index (χ3v) is 5.16. The van der Waals surface area contributed by atoms with E-state index >= 15 is 0 Å². The van der Waals surface area contributed by atoms with Gasteiger partial charge in [0.2, 0.25) is 5.91 Å². The summed E-state index contributed by atoms with van der Waals surface area (Å²) in [4.78, 5) is 11.4. The molecule has 2 aromatic carbocycles. The molecule has 0 aromatic heterocycles. The molecular weight excluding hydrogens is 364 g/mol. The zero-order valence-electron chi connectivity index (χ0n) is 14.1. The highest BCUT2D eigenvalue weighted by molar-refractivity contribution is 7.92. The first-order valence-corrected chi connectivity index (χ1v) is 9.43. The predicted octanol–water partition coefficient (Wildman–Crippen LogP) is 3.81. The van der Waals surface area contributed by atoms with Crippen molar-refractivity contribution in [3.8, 4) is 5.75 Å². The maximum atomic E-state index is 12.7. The lowest BCUT2D eigenvalue weighted by Crippen LogP contribution is -2.15. The third-order valence-electron chi connectivity index (χ3n) is 3.38. The fourth-order valence-corrected chi connectivity index (χ4v) is 3.49. The molecule has 0 heterocycles. The summed E-state index contributed by atoms with van der Waals surface area (Å²) in [7, 11) is -3.86. The maximum absolute atomic E-state index is 12.7. The van der Waals surface area contributed by atoms with Crippen molar-refractivity contribution < 1.29 is 17.9 Å². The number of ether oxygens (including phenoxy) is 1. The van der Waals surface area contributed by atoms with Gasteiger partial charge in [0.1, 0.15) is 5.75 Å². The van der Waals surface area contributed by atoms with E-state index in [2.05, 4.69) is 10.0 Å². The van der Waals surface area contributed by atoms with Crippen LogP contribution < -0.4 is 14.8 Å². The molecule has 0 fully saturated rings. The average Bonchev–Trinajstić information content (AvgIpc) is 2.53. The summed E-state index contributed by atoms with van der Waals surface area (Å²) in [6.07, 6.45) is 0. The molecule has 0 bridgehead atoms. The molecular formula is C17H19ClN2O4S. The van der Waals surface area contributed by atoms with Gasteiger partial charge in [0, 0.05) is 11.9 Å². The predicted molar refractivity (Wildman–Crippen MR) is 98.9 cm³/mol. The van der Waals surface area contributed by atoms with Crippen molar-refractivity contribution in [3.63, 3.8) is 0 Å². The number of carbonyl (C=O) groups is 1. The highest BCUT2D eigenvalue weighted by Crippen LogP contribution is 2.30. The van der Waals surface area contributed by atoms with Gasteiger partial charge in [-0.3, -0.25) is 9.52 Å². The summed E-state index contributed by atoms with van der Waals surface area (Å²) in [5, 5.41) is 3.04. The summed E-state index contributed by atoms with van der Waals surface area (Å²) in [6.45, 7) is 5.25. The van der Waals surface area contributed by atoms with Gasteiger partial charge < -0.3 is 10.1 Å². The number of hydrogen-bond acceptors (Lipinski definition) is 4. The topological polar surface area (TPSA) is 84.5 Å². The molecule has 0 aliphatic heterocycles. The van der Waals surface area contributed by atoms with Gasteiger partial charge in [-0.15, -0.1) is 0 Å². The number of nitrogens with one attached hydrogen (secondary N) is 2. The number of amides is 1. The molecule has 0 saturated carbocycles. The van der Waals surface area contributed by atoms with Crippen molar-refractivity contribution >= 4 is 38.9 Å². The number of halogens is 1. The zero-order chi connectivity index (χ0) is 18.6. The molecule has 0 aliphatic rings. The van der Waals surface area contributed by atoms with E-state index in [1.165, 1.54) is 25.1 Å². The zero-order valence-corrected chi connectivity index (χ0v) is 15.7. The normalized spacial score (nSPS) is 11.0. The molecule has 2 rings (SSSR count). The number of anilines is 2. The third kappa shape index (κ3) is 4.64. The van der Waals surface area contributed by atoms with Gasteiger partial charge in [-0.1, -0.05) is 17.7 Å². The molecule has 6 nitrogen and oxygen atoms in total. The van der Waals surface area contributed by atoms with Crippen LogP contribution >= 0.6 is 11.6 Å². The van der Waals surface area contributed by atoms with Gasteiger partial charge in [-0.2, -0.15) is 0 Å². The Kier molecular flexibility index (Phi) is 5.92. The van der Waals surface area contributed by atoms with E-state index in [9.17, 15) is 13.2 Å². The molecule has 0 unspecified atom stereocenters. The second-order valence-corrected chi connectivity index (χ2v) is 7.38. The number of benzene rings is 2. The molecule has 0 radical (unpaired) electrons. The lowest BCUT2D eigenvalue weighted by atomic mass is 10.2. The molecule has 134 valence electrons. The van der Waals surface area contributed by atoms with Crippen LogP contribution in [0.3, 0.4) is 0 Å². The van der Waals surface area contributed by atoms with Gasteiger partial charge in [-0.05, 0) is 49.7 Å². The Morgan fingerprint density at radius 3 is 2.56 bits per heavy atom. The van der Waals surface area contributed by atoms with Crippen molar-refractivity contribution in [3.05, 3.63) is 47.0 Å². The molecule has 0 atom stereocenters. The van der Waals surface area contributed by atoms with Gasteiger partial charge in [0.05, 0.1) is 22.9 Å². The Labute approximate surface area is 152 Å². The standard InChI is InChI=1S/C17H19ClN2O4S/c1-4-24-17-9-8-13(10-16(17)19-12(3)21)25(22,23)20-15-7-5-6-14(18)11(15)2/h5-10,20H,4H2,1-3H3,(H,19,21). The van der Waals surface area contributed by atoms with Gasteiger partial charge >= 0.3 is 0 Å². The van der Waals surface area contributed by atoms with Gasteiger partial charge in [0.15, 0.2) is 0 Å². The van der Waals surface area contributed by atoms with Crippen molar-refractivity contribution in [1.82, 2.24) is 0 Å². The van der Waals surface area contributed by atoms with E-state index in [4.69, 9.17) is 16.3 Å². The highest BCUT2D eigenvalue weighted by atomic mass is 35.5. The quantitative estimate of drug-likeness (QED) is 0.795. The molecule has 2 N–H and O–H groups in total. The van der Waals surface area contributed by atoms with E-state index in [-0.39, 0.29) is 10.8 Å². The van der Waals surface area contributed by atoms with Crippen LogP contribution in [0, 0.1) is 6.92 Å². The Morgan fingerprint density at radius 2 is 1.92 bits per heavy atom. The first-order valence-electron chi connectivity index (χ1n) is 7.57. The van der Waals surface area contributed by atoms with Crippen LogP contribution in [0.5, 0.6) is 5.75 Å². The average molecular weight is 383 g/mol. The first kappa shape index (κ1) is 19.1. The summed E-state index contributed by atoms with van der Waals surface area (Å²) in [5.41, 5.74) is 1.31. The lowest BCUT2D eigenvalue weighted by molar-refractivity contribution is -0.114. The summed E-state index contributed by atoms with van der Waals surface area (Å²) < 4.78 is 33.3. The van der Waals surface area contributed by atoms with E-state index in [0.717, 1.165) is 0 Å². The molecule has 0 spiro atoms. The Hall–Kier alpha value is -2.25. The number of sulfonamides is 1. The van der Waals surface area contributed by atoms with Gasteiger partial charge in [0.25, 0.3) is 10.0 Å². The van der Waals surface area contributed by atoms with Crippen LogP contribution in [0.1, 0.15) is 19.4 Å². The van der Waals surface area contributed by atoms with Crippen molar-refractivity contribution in [1.29, 1.82) is 0 Å². The van der Waals surface area contributed by atoms with E-state index in [0.29, 0.717) is 34.3 Å². The molecule has 0 aliphatic carbocycles. The minimum atomic E-state index is -3.86. The Bertz CT molecular complexity index is 898. The van der Waals surface area contributed by atoms with Crippen LogP contribution in [-0.2, 0) is 14.8 Å². The number of carbonyl (C=O) groups excluding carboxylic acids is 1. The monoisotopic (exact) mass is 382 g/mol. The maximum Gasteiger partial charge on any atom is 0.261 e. The summed E-state index contributed by atoms with van der Waals surface area (Å²) >= 11 is 6.03. The van der Waals surface area contributed by atoms with Gasteiger partial charge in [-0.25, -0.2) is 8.42 Å². The molecule has 25 heavy (non-hydrogen) atoms. The molecule has 0 saturated heterocycles. The fraction of sp³-hybridized carbons (Fsp3) is 0.235. The van der Waals surface area contributed by atoms with Crippen molar-refractivity contribution in [2.75, 3.05) is 16.6 Å². The van der Waals surface area contributed by atoms with Crippen molar-refractivity contribution in [2.45, 2.75) is 25.7 Å². The second kappa shape index (κ2) is 7.76. The van der Waals surface area contributed by atoms with Crippen LogP contribution in [0.15, 0.2) is 41.3 Å². The van der Waals surface area contributed by atoms with E-state index < -0.39 is 10.0 Å². The molecule has 2 aromatic rings. The Morgan fingerprint density at radius 1 is 1.20 bits per heavy atom.